The molecular formula is C11H19NOS. The molecule has 1 aromatic heterocycles. The number of hydrogen-bond donors (Lipinski definition) is 1. The number of aromatic nitrogens is 1. The normalized spacial score (nSPS) is 12.5. The predicted octanol–water partition coefficient (Wildman–Crippen LogP) is 3.06. The molecule has 2 nitrogen and oxygen atoms in total. The lowest BCUT2D eigenvalue weighted by Crippen LogP contribution is -2.15. The van der Waals surface area contributed by atoms with E-state index in [4.69, 9.17) is 0 Å². The molecule has 0 spiro atoms. The SMILES string of the molecule is CCc1nc(C(C)C)sc1C(C)(C)O. The highest BCUT2D eigenvalue weighted by molar-refractivity contribution is 7.12. The molecule has 0 atom stereocenters. The van der Waals surface area contributed by atoms with E-state index in [1.807, 2.05) is 13.8 Å². The zero-order chi connectivity index (χ0) is 10.9. The van der Waals surface area contributed by atoms with Gasteiger partial charge in [-0.15, -0.1) is 11.3 Å². The van der Waals surface area contributed by atoms with Gasteiger partial charge in [-0.25, -0.2) is 4.98 Å². The Balaban J connectivity index is 3.16. The second kappa shape index (κ2) is 3.99. The topological polar surface area (TPSA) is 33.1 Å². The van der Waals surface area contributed by atoms with Gasteiger partial charge in [-0.05, 0) is 20.3 Å². The number of nitrogens with zero attached hydrogens (tertiary/aromatic N) is 1. The van der Waals surface area contributed by atoms with Crippen LogP contribution in [-0.4, -0.2) is 10.1 Å². The van der Waals surface area contributed by atoms with Gasteiger partial charge in [0, 0.05) is 5.92 Å². The molecule has 1 rings (SSSR count). The van der Waals surface area contributed by atoms with Crippen molar-refractivity contribution in [3.8, 4) is 0 Å². The average Bonchev–Trinajstić information content (AvgIpc) is 2.46. The Labute approximate surface area is 90.0 Å². The van der Waals surface area contributed by atoms with Crippen LogP contribution < -0.4 is 0 Å². The van der Waals surface area contributed by atoms with Crippen LogP contribution in [0.2, 0.25) is 0 Å². The summed E-state index contributed by atoms with van der Waals surface area (Å²) in [6.07, 6.45) is 0.891. The van der Waals surface area contributed by atoms with E-state index in [2.05, 4.69) is 25.8 Å². The minimum atomic E-state index is -0.754. The summed E-state index contributed by atoms with van der Waals surface area (Å²) >= 11 is 1.64. The fourth-order valence-electron chi connectivity index (χ4n) is 1.33. The smallest absolute Gasteiger partial charge is 0.0957 e. The summed E-state index contributed by atoms with van der Waals surface area (Å²) in [5, 5.41) is 11.1. The minimum Gasteiger partial charge on any atom is -0.385 e. The third-order valence-electron chi connectivity index (χ3n) is 2.10. The third-order valence-corrected chi connectivity index (χ3v) is 3.81. The van der Waals surface area contributed by atoms with Crippen LogP contribution in [0.15, 0.2) is 0 Å². The van der Waals surface area contributed by atoms with E-state index in [-0.39, 0.29) is 0 Å². The van der Waals surface area contributed by atoms with Crippen molar-refractivity contribution in [3.63, 3.8) is 0 Å². The molecule has 1 heterocycles. The van der Waals surface area contributed by atoms with Crippen LogP contribution in [0.1, 0.15) is 56.1 Å². The Hall–Kier alpha value is -0.410. The van der Waals surface area contributed by atoms with Crippen molar-refractivity contribution in [2.45, 2.75) is 52.6 Å². The molecule has 80 valence electrons. The Kier molecular flexibility index (Phi) is 3.32. The van der Waals surface area contributed by atoms with E-state index in [1.54, 1.807) is 11.3 Å². The van der Waals surface area contributed by atoms with Gasteiger partial charge in [-0.2, -0.15) is 0 Å². The van der Waals surface area contributed by atoms with Crippen molar-refractivity contribution >= 4 is 11.3 Å². The van der Waals surface area contributed by atoms with Crippen molar-refractivity contribution in [2.24, 2.45) is 0 Å². The lowest BCUT2D eigenvalue weighted by molar-refractivity contribution is 0.0814. The van der Waals surface area contributed by atoms with Crippen LogP contribution in [0.25, 0.3) is 0 Å². The second-order valence-corrected chi connectivity index (χ2v) is 5.43. The molecule has 0 aromatic carbocycles. The molecule has 3 heteroatoms. The van der Waals surface area contributed by atoms with Gasteiger partial charge in [0.25, 0.3) is 0 Å². The minimum absolute atomic E-state index is 0.446. The Morgan fingerprint density at radius 3 is 2.29 bits per heavy atom. The zero-order valence-corrected chi connectivity index (χ0v) is 10.4. The largest absolute Gasteiger partial charge is 0.385 e. The van der Waals surface area contributed by atoms with Gasteiger partial charge in [-0.3, -0.25) is 0 Å². The van der Waals surface area contributed by atoms with Crippen molar-refractivity contribution in [1.82, 2.24) is 4.98 Å². The van der Waals surface area contributed by atoms with Gasteiger partial charge >= 0.3 is 0 Å². The molecule has 0 aliphatic heterocycles. The van der Waals surface area contributed by atoms with Crippen LogP contribution in [0, 0.1) is 0 Å². The highest BCUT2D eigenvalue weighted by atomic mass is 32.1. The standard InChI is InChI=1S/C11H19NOS/c1-6-8-9(11(4,5)13)14-10(12-8)7(2)3/h7,13H,6H2,1-5H3. The van der Waals surface area contributed by atoms with Crippen molar-refractivity contribution in [3.05, 3.63) is 15.6 Å². The molecule has 0 saturated carbocycles. The first-order chi connectivity index (χ1) is 6.36. The second-order valence-electron chi connectivity index (χ2n) is 4.40. The molecule has 0 radical (unpaired) electrons. The summed E-state index contributed by atoms with van der Waals surface area (Å²) in [6, 6.07) is 0. The summed E-state index contributed by atoms with van der Waals surface area (Å²) in [5.41, 5.74) is 0.294. The van der Waals surface area contributed by atoms with Crippen LogP contribution >= 0.6 is 11.3 Å². The monoisotopic (exact) mass is 213 g/mol. The third kappa shape index (κ3) is 2.34. The molecule has 1 aromatic rings. The highest BCUT2D eigenvalue weighted by Gasteiger charge is 2.24. The first-order valence-corrected chi connectivity index (χ1v) is 5.90. The average molecular weight is 213 g/mol. The van der Waals surface area contributed by atoms with Crippen molar-refractivity contribution in [2.75, 3.05) is 0 Å². The summed E-state index contributed by atoms with van der Waals surface area (Å²) in [6.45, 7) is 9.99. The maximum Gasteiger partial charge on any atom is 0.0957 e. The van der Waals surface area contributed by atoms with E-state index in [1.165, 1.54) is 0 Å². The van der Waals surface area contributed by atoms with E-state index >= 15 is 0 Å². The quantitative estimate of drug-likeness (QED) is 0.837. The number of aliphatic hydroxyl groups is 1. The maximum atomic E-state index is 9.97. The van der Waals surface area contributed by atoms with Crippen LogP contribution in [0.5, 0.6) is 0 Å². The van der Waals surface area contributed by atoms with Gasteiger partial charge in [0.15, 0.2) is 0 Å². The van der Waals surface area contributed by atoms with Gasteiger partial charge in [0.1, 0.15) is 0 Å². The fraction of sp³-hybridized carbons (Fsp3) is 0.727. The van der Waals surface area contributed by atoms with Crippen molar-refractivity contribution in [1.29, 1.82) is 0 Å². The number of aryl methyl sites for hydroxylation is 1. The number of rotatable bonds is 3. The van der Waals surface area contributed by atoms with Crippen molar-refractivity contribution < 1.29 is 5.11 Å². The first-order valence-electron chi connectivity index (χ1n) is 5.08. The molecular weight excluding hydrogens is 194 g/mol. The number of thiazole rings is 1. The molecule has 0 aliphatic carbocycles. The fourth-order valence-corrected chi connectivity index (χ4v) is 2.49. The van der Waals surface area contributed by atoms with Gasteiger partial charge in [-0.1, -0.05) is 20.8 Å². The summed E-state index contributed by atoms with van der Waals surface area (Å²) in [5.74, 6) is 0.446. The summed E-state index contributed by atoms with van der Waals surface area (Å²) < 4.78 is 0. The molecule has 14 heavy (non-hydrogen) atoms. The lowest BCUT2D eigenvalue weighted by atomic mass is 10.1. The Bertz CT molecular complexity index is 310. The zero-order valence-electron chi connectivity index (χ0n) is 9.59. The van der Waals surface area contributed by atoms with Crippen LogP contribution in [0.3, 0.4) is 0 Å². The number of hydrogen-bond acceptors (Lipinski definition) is 3. The van der Waals surface area contributed by atoms with Gasteiger partial charge in [0.2, 0.25) is 0 Å². The maximum absolute atomic E-state index is 9.97. The van der Waals surface area contributed by atoms with E-state index in [9.17, 15) is 5.11 Å². The summed E-state index contributed by atoms with van der Waals surface area (Å²) in [4.78, 5) is 5.57. The first kappa shape index (κ1) is 11.7. The Morgan fingerprint density at radius 2 is 2.00 bits per heavy atom. The molecule has 0 fully saturated rings. The molecule has 0 saturated heterocycles. The molecule has 0 bridgehead atoms. The molecule has 0 amide bonds. The van der Waals surface area contributed by atoms with Crippen LogP contribution in [-0.2, 0) is 12.0 Å². The van der Waals surface area contributed by atoms with Crippen LogP contribution in [0.4, 0.5) is 0 Å². The summed E-state index contributed by atoms with van der Waals surface area (Å²) in [7, 11) is 0. The highest BCUT2D eigenvalue weighted by Crippen LogP contribution is 2.33. The Morgan fingerprint density at radius 1 is 1.43 bits per heavy atom. The van der Waals surface area contributed by atoms with E-state index in [0.29, 0.717) is 5.92 Å². The molecule has 0 unspecified atom stereocenters. The van der Waals surface area contributed by atoms with E-state index < -0.39 is 5.60 Å². The molecule has 1 N–H and O–H groups in total. The van der Waals surface area contributed by atoms with Gasteiger partial charge in [0.05, 0.1) is 21.2 Å². The predicted molar refractivity (Wildman–Crippen MR) is 60.8 cm³/mol. The molecule has 0 aliphatic rings. The lowest BCUT2D eigenvalue weighted by Gasteiger charge is -2.15. The van der Waals surface area contributed by atoms with E-state index in [0.717, 1.165) is 22.0 Å². The van der Waals surface area contributed by atoms with Gasteiger partial charge < -0.3 is 5.11 Å².